The first-order chi connectivity index (χ1) is 11.2. The van der Waals surface area contributed by atoms with Gasteiger partial charge in [0, 0.05) is 30.5 Å². The Morgan fingerprint density at radius 2 is 1.78 bits per heavy atom. The van der Waals surface area contributed by atoms with Crippen LogP contribution in [0.4, 0.5) is 0 Å². The zero-order valence-electron chi connectivity index (χ0n) is 12.9. The van der Waals surface area contributed by atoms with Crippen LogP contribution in [-0.2, 0) is 16.0 Å². The van der Waals surface area contributed by atoms with Crippen molar-refractivity contribution in [3.05, 3.63) is 71.9 Å². The summed E-state index contributed by atoms with van der Waals surface area (Å²) in [5, 5.41) is 1.00. The van der Waals surface area contributed by atoms with Crippen LogP contribution in [0.1, 0.15) is 22.8 Å². The standard InChI is InChI=1S/C19H17NO3/c1-14(21)23-13-11-15-8-5-9-18-17(15)10-12-20(18)19(22)16-6-3-2-4-7-16/h2-10,12H,11,13H2,1H3. The molecule has 4 heteroatoms. The van der Waals surface area contributed by atoms with Crippen molar-refractivity contribution in [2.24, 2.45) is 0 Å². The SMILES string of the molecule is CC(=O)OCCc1cccc2c1ccn2C(=O)c1ccccc1. The Kier molecular flexibility index (Phi) is 4.24. The molecule has 0 bridgehead atoms. The van der Waals surface area contributed by atoms with Crippen molar-refractivity contribution in [3.8, 4) is 0 Å². The quantitative estimate of drug-likeness (QED) is 0.694. The summed E-state index contributed by atoms with van der Waals surface area (Å²) in [7, 11) is 0. The number of hydrogen-bond acceptors (Lipinski definition) is 3. The highest BCUT2D eigenvalue weighted by Gasteiger charge is 2.12. The van der Waals surface area contributed by atoms with Gasteiger partial charge in [-0.05, 0) is 29.8 Å². The molecule has 0 unspecified atom stereocenters. The Labute approximate surface area is 134 Å². The summed E-state index contributed by atoms with van der Waals surface area (Å²) in [5.74, 6) is -0.341. The van der Waals surface area contributed by atoms with Gasteiger partial charge in [-0.2, -0.15) is 0 Å². The fraction of sp³-hybridized carbons (Fsp3) is 0.158. The van der Waals surface area contributed by atoms with Crippen LogP contribution < -0.4 is 0 Å². The van der Waals surface area contributed by atoms with E-state index in [-0.39, 0.29) is 11.9 Å². The van der Waals surface area contributed by atoms with E-state index in [0.29, 0.717) is 18.6 Å². The van der Waals surface area contributed by atoms with Gasteiger partial charge in [0.15, 0.2) is 0 Å². The van der Waals surface area contributed by atoms with E-state index < -0.39 is 0 Å². The molecule has 0 radical (unpaired) electrons. The number of carbonyl (C=O) groups is 2. The van der Waals surface area contributed by atoms with Gasteiger partial charge in [0.2, 0.25) is 0 Å². The first kappa shape index (κ1) is 15.0. The minimum absolute atomic E-state index is 0.0577. The normalized spacial score (nSPS) is 10.7. The lowest BCUT2D eigenvalue weighted by molar-refractivity contribution is -0.140. The third-order valence-corrected chi connectivity index (χ3v) is 3.74. The molecule has 0 fully saturated rings. The number of fused-ring (bicyclic) bond motifs is 1. The molecule has 0 saturated carbocycles. The highest BCUT2D eigenvalue weighted by Crippen LogP contribution is 2.22. The number of nitrogens with zero attached hydrogens (tertiary/aromatic N) is 1. The van der Waals surface area contributed by atoms with Gasteiger partial charge in [0.05, 0.1) is 12.1 Å². The molecule has 3 rings (SSSR count). The van der Waals surface area contributed by atoms with Crippen molar-refractivity contribution < 1.29 is 14.3 Å². The molecule has 0 aliphatic rings. The Bertz CT molecular complexity index is 849. The Hall–Kier alpha value is -2.88. The molecule has 2 aromatic carbocycles. The minimum atomic E-state index is -0.283. The molecule has 116 valence electrons. The molecule has 0 N–H and O–H groups in total. The van der Waals surface area contributed by atoms with Gasteiger partial charge >= 0.3 is 5.97 Å². The fourth-order valence-electron chi connectivity index (χ4n) is 2.65. The molecule has 0 aliphatic carbocycles. The van der Waals surface area contributed by atoms with E-state index in [1.165, 1.54) is 6.92 Å². The second-order valence-corrected chi connectivity index (χ2v) is 5.30. The number of benzene rings is 2. The van der Waals surface area contributed by atoms with Gasteiger partial charge in [-0.1, -0.05) is 30.3 Å². The first-order valence-electron chi connectivity index (χ1n) is 7.49. The lowest BCUT2D eigenvalue weighted by Crippen LogP contribution is -2.10. The summed E-state index contributed by atoms with van der Waals surface area (Å²) in [4.78, 5) is 23.5. The highest BCUT2D eigenvalue weighted by atomic mass is 16.5. The third kappa shape index (κ3) is 3.16. The summed E-state index contributed by atoms with van der Waals surface area (Å²) in [6, 6.07) is 17.0. The van der Waals surface area contributed by atoms with Crippen LogP contribution in [0.5, 0.6) is 0 Å². The van der Waals surface area contributed by atoms with E-state index in [2.05, 4.69) is 0 Å². The van der Waals surface area contributed by atoms with Crippen LogP contribution in [0, 0.1) is 0 Å². The van der Waals surface area contributed by atoms with Crippen LogP contribution in [0.25, 0.3) is 10.9 Å². The van der Waals surface area contributed by atoms with Crippen LogP contribution in [-0.4, -0.2) is 23.1 Å². The maximum absolute atomic E-state index is 12.6. The number of hydrogen-bond donors (Lipinski definition) is 0. The highest BCUT2D eigenvalue weighted by molar-refractivity contribution is 6.02. The largest absolute Gasteiger partial charge is 0.466 e. The first-order valence-corrected chi connectivity index (χ1v) is 7.49. The van der Waals surface area contributed by atoms with Crippen LogP contribution in [0.3, 0.4) is 0 Å². The lowest BCUT2D eigenvalue weighted by atomic mass is 10.1. The van der Waals surface area contributed by atoms with Crippen LogP contribution >= 0.6 is 0 Å². The Morgan fingerprint density at radius 1 is 1.00 bits per heavy atom. The second-order valence-electron chi connectivity index (χ2n) is 5.30. The summed E-state index contributed by atoms with van der Waals surface area (Å²) in [5.41, 5.74) is 2.57. The van der Waals surface area contributed by atoms with Gasteiger partial charge < -0.3 is 4.74 Å². The lowest BCUT2D eigenvalue weighted by Gasteiger charge is -2.07. The molecule has 1 heterocycles. The monoisotopic (exact) mass is 307 g/mol. The summed E-state index contributed by atoms with van der Waals surface area (Å²) < 4.78 is 6.66. The number of rotatable bonds is 4. The number of aromatic nitrogens is 1. The molecule has 4 nitrogen and oxygen atoms in total. The van der Waals surface area contributed by atoms with E-state index in [1.807, 2.05) is 42.5 Å². The van der Waals surface area contributed by atoms with Gasteiger partial charge in [-0.25, -0.2) is 0 Å². The molecule has 0 aliphatic heterocycles. The zero-order chi connectivity index (χ0) is 16.2. The van der Waals surface area contributed by atoms with E-state index in [1.54, 1.807) is 22.9 Å². The molecule has 23 heavy (non-hydrogen) atoms. The molecule has 1 aromatic heterocycles. The molecular formula is C19H17NO3. The maximum atomic E-state index is 12.6. The zero-order valence-corrected chi connectivity index (χ0v) is 12.9. The third-order valence-electron chi connectivity index (χ3n) is 3.74. The molecule has 0 saturated heterocycles. The molecule has 0 atom stereocenters. The molecular weight excluding hydrogens is 290 g/mol. The van der Waals surface area contributed by atoms with E-state index >= 15 is 0 Å². The predicted octanol–water partition coefficient (Wildman–Crippen LogP) is 3.44. The van der Waals surface area contributed by atoms with Gasteiger partial charge in [0.25, 0.3) is 5.91 Å². The second kappa shape index (κ2) is 6.48. The van der Waals surface area contributed by atoms with Gasteiger partial charge in [-0.3, -0.25) is 14.2 Å². The summed E-state index contributed by atoms with van der Waals surface area (Å²) >= 11 is 0. The Balaban J connectivity index is 1.92. The maximum Gasteiger partial charge on any atom is 0.302 e. The topological polar surface area (TPSA) is 48.3 Å². The average molecular weight is 307 g/mol. The van der Waals surface area contributed by atoms with Crippen LogP contribution in [0.2, 0.25) is 0 Å². The van der Waals surface area contributed by atoms with Crippen molar-refractivity contribution in [1.29, 1.82) is 0 Å². The number of ether oxygens (including phenoxy) is 1. The van der Waals surface area contributed by atoms with Crippen molar-refractivity contribution in [2.75, 3.05) is 6.61 Å². The van der Waals surface area contributed by atoms with Crippen molar-refractivity contribution in [2.45, 2.75) is 13.3 Å². The number of esters is 1. The van der Waals surface area contributed by atoms with E-state index in [0.717, 1.165) is 16.5 Å². The van der Waals surface area contributed by atoms with Crippen molar-refractivity contribution in [3.63, 3.8) is 0 Å². The fourth-order valence-corrected chi connectivity index (χ4v) is 2.65. The minimum Gasteiger partial charge on any atom is -0.466 e. The summed E-state index contributed by atoms with van der Waals surface area (Å²) in [6.07, 6.45) is 2.41. The number of carbonyl (C=O) groups excluding carboxylic acids is 2. The molecule has 3 aromatic rings. The Morgan fingerprint density at radius 3 is 2.52 bits per heavy atom. The smallest absolute Gasteiger partial charge is 0.302 e. The molecule has 0 amide bonds. The summed E-state index contributed by atoms with van der Waals surface area (Å²) in [6.45, 7) is 1.74. The van der Waals surface area contributed by atoms with Crippen LogP contribution in [0.15, 0.2) is 60.8 Å². The average Bonchev–Trinajstić information content (AvgIpc) is 2.99. The molecule has 0 spiro atoms. The van der Waals surface area contributed by atoms with E-state index in [9.17, 15) is 9.59 Å². The van der Waals surface area contributed by atoms with Gasteiger partial charge in [-0.15, -0.1) is 0 Å². The van der Waals surface area contributed by atoms with E-state index in [4.69, 9.17) is 4.74 Å². The van der Waals surface area contributed by atoms with Crippen molar-refractivity contribution >= 4 is 22.8 Å². The van der Waals surface area contributed by atoms with Crippen molar-refractivity contribution in [1.82, 2.24) is 4.57 Å². The van der Waals surface area contributed by atoms with Gasteiger partial charge in [0.1, 0.15) is 0 Å². The predicted molar refractivity (Wildman–Crippen MR) is 88.4 cm³/mol.